The Morgan fingerprint density at radius 2 is 2.05 bits per heavy atom. The fourth-order valence-electron chi connectivity index (χ4n) is 1.92. The second-order valence-corrected chi connectivity index (χ2v) is 5.35. The molecule has 2 aromatic rings. The van der Waals surface area contributed by atoms with Crippen LogP contribution in [0.25, 0.3) is 0 Å². The van der Waals surface area contributed by atoms with Gasteiger partial charge in [0.15, 0.2) is 0 Å². The summed E-state index contributed by atoms with van der Waals surface area (Å²) >= 11 is 5.93. The number of nitrogens with zero attached hydrogens (tertiary/aromatic N) is 1. The van der Waals surface area contributed by atoms with Gasteiger partial charge < -0.3 is 10.6 Å². The van der Waals surface area contributed by atoms with Crippen LogP contribution in [0.2, 0.25) is 5.02 Å². The second kappa shape index (κ2) is 7.20. The van der Waals surface area contributed by atoms with Gasteiger partial charge in [-0.1, -0.05) is 17.7 Å². The maximum Gasteiger partial charge on any atom is 0.238 e. The molecule has 0 aliphatic carbocycles. The van der Waals surface area contributed by atoms with Crippen molar-refractivity contribution < 1.29 is 4.79 Å². The Kier molecular flexibility index (Phi) is 5.31. The van der Waals surface area contributed by atoms with Gasteiger partial charge in [-0.25, -0.2) is 0 Å². The number of hydrogen-bond acceptors (Lipinski definition) is 3. The quantitative estimate of drug-likeness (QED) is 0.892. The van der Waals surface area contributed by atoms with Crippen LogP contribution >= 0.6 is 11.6 Å². The lowest BCUT2D eigenvalue weighted by Gasteiger charge is -2.10. The number of amides is 1. The second-order valence-electron chi connectivity index (χ2n) is 4.91. The van der Waals surface area contributed by atoms with Crippen LogP contribution in [0, 0.1) is 13.8 Å². The molecule has 0 saturated heterocycles. The highest BCUT2D eigenvalue weighted by atomic mass is 35.5. The topological polar surface area (TPSA) is 54.0 Å². The van der Waals surface area contributed by atoms with Crippen molar-refractivity contribution in [3.8, 4) is 0 Å². The van der Waals surface area contributed by atoms with Crippen LogP contribution in [0.3, 0.4) is 0 Å². The van der Waals surface area contributed by atoms with Gasteiger partial charge in [0.2, 0.25) is 5.91 Å². The van der Waals surface area contributed by atoms with Crippen molar-refractivity contribution in [3.05, 3.63) is 58.4 Å². The van der Waals surface area contributed by atoms with Gasteiger partial charge in [-0.05, 0) is 48.7 Å². The van der Waals surface area contributed by atoms with E-state index in [-0.39, 0.29) is 12.5 Å². The number of aromatic nitrogens is 1. The highest BCUT2D eigenvalue weighted by Crippen LogP contribution is 2.19. The summed E-state index contributed by atoms with van der Waals surface area (Å²) in [4.78, 5) is 16.0. The summed E-state index contributed by atoms with van der Waals surface area (Å²) in [5.74, 6) is -0.0955. The van der Waals surface area contributed by atoms with Crippen LogP contribution in [0.4, 0.5) is 5.69 Å². The van der Waals surface area contributed by atoms with Crippen LogP contribution in [-0.2, 0) is 11.3 Å². The summed E-state index contributed by atoms with van der Waals surface area (Å²) in [5, 5.41) is 6.57. The van der Waals surface area contributed by atoms with E-state index in [1.807, 2.05) is 26.0 Å². The molecule has 0 unspecified atom stereocenters. The number of carbonyl (C=O) groups is 1. The lowest BCUT2D eigenvalue weighted by molar-refractivity contribution is -0.115. The summed E-state index contributed by atoms with van der Waals surface area (Å²) in [6.07, 6.45) is 3.56. The van der Waals surface area contributed by atoms with Gasteiger partial charge in [0.05, 0.1) is 6.54 Å². The van der Waals surface area contributed by atoms with E-state index in [1.54, 1.807) is 24.5 Å². The molecule has 0 spiro atoms. The van der Waals surface area contributed by atoms with Crippen molar-refractivity contribution in [2.24, 2.45) is 0 Å². The smallest absolute Gasteiger partial charge is 0.238 e. The van der Waals surface area contributed by atoms with Crippen LogP contribution in [0.15, 0.2) is 36.7 Å². The van der Waals surface area contributed by atoms with Crippen LogP contribution < -0.4 is 10.6 Å². The summed E-state index contributed by atoms with van der Waals surface area (Å²) in [7, 11) is 0. The number of rotatable bonds is 5. The number of nitrogens with one attached hydrogen (secondary N) is 2. The standard InChI is InChI=1S/C16H18ClN3O/c1-11-5-6-18-8-13(11)9-19-10-16(21)20-15-7-14(17)4-3-12(15)2/h3-8,19H,9-10H2,1-2H3,(H,20,21). The number of anilines is 1. The fraction of sp³-hybridized carbons (Fsp3) is 0.250. The minimum Gasteiger partial charge on any atom is -0.325 e. The Balaban J connectivity index is 1.85. The van der Waals surface area contributed by atoms with Crippen molar-refractivity contribution in [2.45, 2.75) is 20.4 Å². The molecule has 110 valence electrons. The molecule has 0 bridgehead atoms. The minimum absolute atomic E-state index is 0.0955. The van der Waals surface area contributed by atoms with Crippen LogP contribution in [0.5, 0.6) is 0 Å². The average Bonchev–Trinajstić information content (AvgIpc) is 2.45. The predicted octanol–water partition coefficient (Wildman–Crippen LogP) is 3.08. The monoisotopic (exact) mass is 303 g/mol. The van der Waals surface area contributed by atoms with Crippen molar-refractivity contribution in [2.75, 3.05) is 11.9 Å². The third-order valence-electron chi connectivity index (χ3n) is 3.22. The first-order valence-electron chi connectivity index (χ1n) is 6.72. The number of carbonyl (C=O) groups excluding carboxylic acids is 1. The molecule has 0 saturated carbocycles. The van der Waals surface area contributed by atoms with E-state index in [2.05, 4.69) is 15.6 Å². The Hall–Kier alpha value is -1.91. The van der Waals surface area contributed by atoms with Gasteiger partial charge >= 0.3 is 0 Å². The largest absolute Gasteiger partial charge is 0.325 e. The maximum absolute atomic E-state index is 11.9. The molecule has 2 N–H and O–H groups in total. The molecule has 1 aromatic carbocycles. The summed E-state index contributed by atoms with van der Waals surface area (Å²) in [6, 6.07) is 7.38. The number of hydrogen-bond donors (Lipinski definition) is 2. The van der Waals surface area contributed by atoms with Gasteiger partial charge in [0.25, 0.3) is 0 Å². The molecule has 21 heavy (non-hydrogen) atoms. The molecule has 0 aliphatic heterocycles. The molecule has 0 radical (unpaired) electrons. The molecule has 1 amide bonds. The summed E-state index contributed by atoms with van der Waals surface area (Å²) in [5.41, 5.74) is 3.97. The van der Waals surface area contributed by atoms with Crippen molar-refractivity contribution in [1.82, 2.24) is 10.3 Å². The predicted molar refractivity (Wildman–Crippen MR) is 85.5 cm³/mol. The molecule has 2 rings (SSSR count). The van der Waals surface area contributed by atoms with E-state index in [0.717, 1.165) is 22.4 Å². The maximum atomic E-state index is 11.9. The first kappa shape index (κ1) is 15.5. The van der Waals surface area contributed by atoms with Crippen molar-refractivity contribution in [1.29, 1.82) is 0 Å². The van der Waals surface area contributed by atoms with E-state index in [4.69, 9.17) is 11.6 Å². The van der Waals surface area contributed by atoms with Crippen molar-refractivity contribution in [3.63, 3.8) is 0 Å². The molecule has 0 aliphatic rings. The molecule has 1 aromatic heterocycles. The third kappa shape index (κ3) is 4.55. The lowest BCUT2D eigenvalue weighted by Crippen LogP contribution is -2.28. The Morgan fingerprint density at radius 1 is 1.24 bits per heavy atom. The number of benzene rings is 1. The van der Waals surface area contributed by atoms with Gasteiger partial charge in [0, 0.05) is 29.6 Å². The summed E-state index contributed by atoms with van der Waals surface area (Å²) < 4.78 is 0. The van der Waals surface area contributed by atoms with Gasteiger partial charge in [0.1, 0.15) is 0 Å². The number of pyridine rings is 1. The van der Waals surface area contributed by atoms with Gasteiger partial charge in [-0.3, -0.25) is 9.78 Å². The minimum atomic E-state index is -0.0955. The van der Waals surface area contributed by atoms with Gasteiger partial charge in [-0.15, -0.1) is 0 Å². The van der Waals surface area contributed by atoms with E-state index in [0.29, 0.717) is 11.6 Å². The third-order valence-corrected chi connectivity index (χ3v) is 3.46. The SMILES string of the molecule is Cc1ccncc1CNCC(=O)Nc1cc(Cl)ccc1C. The molecular weight excluding hydrogens is 286 g/mol. The Morgan fingerprint density at radius 3 is 2.81 bits per heavy atom. The molecular formula is C16H18ClN3O. The lowest BCUT2D eigenvalue weighted by atomic mass is 10.1. The molecule has 0 fully saturated rings. The first-order chi connectivity index (χ1) is 10.1. The zero-order valence-corrected chi connectivity index (χ0v) is 12.9. The van der Waals surface area contributed by atoms with E-state index in [9.17, 15) is 4.79 Å². The average molecular weight is 304 g/mol. The van der Waals surface area contributed by atoms with Crippen LogP contribution in [-0.4, -0.2) is 17.4 Å². The molecule has 4 nitrogen and oxygen atoms in total. The van der Waals surface area contributed by atoms with E-state index >= 15 is 0 Å². The van der Waals surface area contributed by atoms with E-state index < -0.39 is 0 Å². The number of halogens is 1. The number of aryl methyl sites for hydroxylation is 2. The molecule has 5 heteroatoms. The van der Waals surface area contributed by atoms with E-state index in [1.165, 1.54) is 0 Å². The highest BCUT2D eigenvalue weighted by molar-refractivity contribution is 6.31. The zero-order valence-electron chi connectivity index (χ0n) is 12.1. The summed E-state index contributed by atoms with van der Waals surface area (Å²) in [6.45, 7) is 4.80. The Bertz CT molecular complexity index is 643. The van der Waals surface area contributed by atoms with Gasteiger partial charge in [-0.2, -0.15) is 0 Å². The zero-order chi connectivity index (χ0) is 15.2. The Labute approximate surface area is 129 Å². The fourth-order valence-corrected chi connectivity index (χ4v) is 2.09. The molecule has 0 atom stereocenters. The first-order valence-corrected chi connectivity index (χ1v) is 7.10. The molecule has 1 heterocycles. The van der Waals surface area contributed by atoms with Crippen molar-refractivity contribution >= 4 is 23.2 Å². The normalized spacial score (nSPS) is 10.4. The highest BCUT2D eigenvalue weighted by Gasteiger charge is 2.05. The van der Waals surface area contributed by atoms with Crippen LogP contribution in [0.1, 0.15) is 16.7 Å².